The maximum absolute atomic E-state index is 12.2. The lowest BCUT2D eigenvalue weighted by molar-refractivity contribution is -0.115. The Kier molecular flexibility index (Phi) is 6.85. The molecule has 0 spiro atoms. The number of amides is 1. The zero-order valence-corrected chi connectivity index (χ0v) is 17.5. The second kappa shape index (κ2) is 9.54. The topological polar surface area (TPSA) is 77.5 Å². The summed E-state index contributed by atoms with van der Waals surface area (Å²) >= 11 is 7.55. The third-order valence-corrected chi connectivity index (χ3v) is 5.25. The summed E-state index contributed by atoms with van der Waals surface area (Å²) in [6.45, 7) is 2.14. The van der Waals surface area contributed by atoms with Crippen molar-refractivity contribution in [2.24, 2.45) is 0 Å². The van der Waals surface area contributed by atoms with Crippen LogP contribution in [-0.4, -0.2) is 24.0 Å². The average Bonchev–Trinajstić information content (AvgIpc) is 3.15. The quantitative estimate of drug-likeness (QED) is 0.552. The number of hydrogen-bond donors (Lipinski definition) is 1. The van der Waals surface area contributed by atoms with E-state index >= 15 is 0 Å². The van der Waals surface area contributed by atoms with Crippen LogP contribution in [0.5, 0.6) is 5.75 Å². The lowest BCUT2D eigenvalue weighted by Gasteiger charge is -2.08. The molecule has 0 aliphatic heterocycles. The Morgan fingerprint density at radius 1 is 1.21 bits per heavy atom. The Morgan fingerprint density at radius 2 is 2.00 bits per heavy atom. The Balaban J connectivity index is 1.56. The summed E-state index contributed by atoms with van der Waals surface area (Å²) in [6, 6.07) is 12.3. The number of thiazole rings is 1. The first kappa shape index (κ1) is 20.8. The third-order valence-electron chi connectivity index (χ3n) is 4.06. The van der Waals surface area contributed by atoms with Crippen LogP contribution < -0.4 is 10.1 Å². The second-order valence-electron chi connectivity index (χ2n) is 6.20. The second-order valence-corrected chi connectivity index (χ2v) is 7.55. The molecule has 0 fully saturated rings. The van der Waals surface area contributed by atoms with Crippen molar-refractivity contribution in [2.45, 2.75) is 20.0 Å². The van der Waals surface area contributed by atoms with E-state index in [4.69, 9.17) is 16.3 Å². The molecule has 0 aliphatic carbocycles. The number of methoxy groups -OCH3 is 1. The van der Waals surface area contributed by atoms with Crippen molar-refractivity contribution in [1.29, 1.82) is 0 Å². The molecule has 0 saturated carbocycles. The van der Waals surface area contributed by atoms with Crippen LogP contribution in [0.25, 0.3) is 0 Å². The van der Waals surface area contributed by atoms with Gasteiger partial charge in [-0.2, -0.15) is 0 Å². The van der Waals surface area contributed by atoms with E-state index in [1.54, 1.807) is 12.1 Å². The van der Waals surface area contributed by atoms with Gasteiger partial charge in [-0.25, -0.2) is 9.78 Å². The number of nitrogens with one attached hydrogen (secondary N) is 1. The normalized spacial score (nSPS) is 10.4. The molecule has 0 bridgehead atoms. The summed E-state index contributed by atoms with van der Waals surface area (Å²) in [5.74, 6) is -0.153. The van der Waals surface area contributed by atoms with Crippen LogP contribution in [0.2, 0.25) is 5.02 Å². The monoisotopic (exact) mass is 430 g/mol. The van der Waals surface area contributed by atoms with Gasteiger partial charge >= 0.3 is 5.97 Å². The van der Waals surface area contributed by atoms with Crippen molar-refractivity contribution < 1.29 is 19.1 Å². The van der Waals surface area contributed by atoms with Crippen molar-refractivity contribution in [3.8, 4) is 5.75 Å². The molecule has 1 aromatic heterocycles. The summed E-state index contributed by atoms with van der Waals surface area (Å²) in [6.07, 6.45) is 0.188. The number of ether oxygens (including phenoxy) is 2. The van der Waals surface area contributed by atoms with Crippen molar-refractivity contribution in [2.75, 3.05) is 12.4 Å². The summed E-state index contributed by atoms with van der Waals surface area (Å²) in [4.78, 5) is 28.2. The molecular weight excluding hydrogens is 412 g/mol. The summed E-state index contributed by atoms with van der Waals surface area (Å²) in [5.41, 5.74) is 2.84. The highest BCUT2D eigenvalue weighted by Crippen LogP contribution is 2.27. The molecule has 8 heteroatoms. The molecule has 0 radical (unpaired) electrons. The largest absolute Gasteiger partial charge is 0.486 e. The van der Waals surface area contributed by atoms with Gasteiger partial charge in [0, 0.05) is 11.1 Å². The average molecular weight is 431 g/mol. The van der Waals surface area contributed by atoms with E-state index in [9.17, 15) is 9.59 Å². The number of nitrogens with zero attached hydrogens (tertiary/aromatic N) is 1. The van der Waals surface area contributed by atoms with E-state index in [2.05, 4.69) is 15.0 Å². The fourth-order valence-corrected chi connectivity index (χ4v) is 3.57. The van der Waals surface area contributed by atoms with Gasteiger partial charge in [0.1, 0.15) is 17.4 Å². The fraction of sp³-hybridized carbons (Fsp3) is 0.190. The van der Waals surface area contributed by atoms with E-state index in [1.807, 2.05) is 36.6 Å². The molecule has 150 valence electrons. The Bertz CT molecular complexity index is 1040. The molecule has 2 aromatic carbocycles. The van der Waals surface area contributed by atoms with Crippen molar-refractivity contribution in [3.63, 3.8) is 0 Å². The molecule has 6 nitrogen and oxygen atoms in total. The number of aromatic nitrogens is 1. The molecular formula is C21H19ClN2O4S. The van der Waals surface area contributed by atoms with Gasteiger partial charge in [0.15, 0.2) is 0 Å². The molecule has 3 aromatic rings. The SMILES string of the molecule is COC(=O)c1ccc(OCc2csc(CC(=O)Nc3ccccc3C)n2)c(Cl)c1. The number of hydrogen-bond acceptors (Lipinski definition) is 6. The lowest BCUT2D eigenvalue weighted by atomic mass is 10.2. The van der Waals surface area contributed by atoms with E-state index in [0.29, 0.717) is 27.0 Å². The maximum Gasteiger partial charge on any atom is 0.337 e. The highest BCUT2D eigenvalue weighted by molar-refractivity contribution is 7.09. The van der Waals surface area contributed by atoms with Crippen LogP contribution in [0.15, 0.2) is 47.8 Å². The van der Waals surface area contributed by atoms with E-state index in [1.165, 1.54) is 24.5 Å². The number of esters is 1. The minimum Gasteiger partial charge on any atom is -0.486 e. The molecule has 1 N–H and O–H groups in total. The van der Waals surface area contributed by atoms with Crippen LogP contribution in [0, 0.1) is 6.92 Å². The fourth-order valence-electron chi connectivity index (χ4n) is 2.56. The van der Waals surface area contributed by atoms with Gasteiger partial charge in [-0.05, 0) is 36.8 Å². The Morgan fingerprint density at radius 3 is 2.72 bits per heavy atom. The minimum atomic E-state index is -0.466. The van der Waals surface area contributed by atoms with Gasteiger partial charge in [-0.1, -0.05) is 29.8 Å². The van der Waals surface area contributed by atoms with Gasteiger partial charge in [0.2, 0.25) is 5.91 Å². The Labute approximate surface area is 177 Å². The number of halogens is 1. The molecule has 3 rings (SSSR count). The van der Waals surface area contributed by atoms with E-state index < -0.39 is 5.97 Å². The van der Waals surface area contributed by atoms with Gasteiger partial charge < -0.3 is 14.8 Å². The summed E-state index contributed by atoms with van der Waals surface area (Å²) < 4.78 is 10.3. The smallest absolute Gasteiger partial charge is 0.337 e. The molecule has 0 atom stereocenters. The molecule has 0 unspecified atom stereocenters. The number of benzene rings is 2. The van der Waals surface area contributed by atoms with E-state index in [0.717, 1.165) is 11.3 Å². The van der Waals surface area contributed by atoms with Gasteiger partial charge in [0.05, 0.1) is 29.8 Å². The van der Waals surface area contributed by atoms with Crippen LogP contribution in [-0.2, 0) is 22.6 Å². The van der Waals surface area contributed by atoms with Crippen LogP contribution in [0.1, 0.15) is 26.6 Å². The first-order valence-electron chi connectivity index (χ1n) is 8.75. The number of rotatable bonds is 7. The van der Waals surface area contributed by atoms with Crippen LogP contribution in [0.3, 0.4) is 0 Å². The van der Waals surface area contributed by atoms with Crippen molar-refractivity contribution in [1.82, 2.24) is 4.98 Å². The summed E-state index contributed by atoms with van der Waals surface area (Å²) in [5, 5.41) is 5.74. The predicted molar refractivity (Wildman–Crippen MR) is 113 cm³/mol. The number of aryl methyl sites for hydroxylation is 1. The first-order valence-corrected chi connectivity index (χ1v) is 10.0. The van der Waals surface area contributed by atoms with Crippen molar-refractivity contribution >= 4 is 40.5 Å². The van der Waals surface area contributed by atoms with Gasteiger partial charge in [-0.3, -0.25) is 4.79 Å². The lowest BCUT2D eigenvalue weighted by Crippen LogP contribution is -2.15. The Hall–Kier alpha value is -2.90. The zero-order valence-electron chi connectivity index (χ0n) is 15.9. The number of para-hydroxylation sites is 1. The van der Waals surface area contributed by atoms with Crippen LogP contribution in [0.4, 0.5) is 5.69 Å². The minimum absolute atomic E-state index is 0.123. The van der Waals surface area contributed by atoms with Crippen LogP contribution >= 0.6 is 22.9 Å². The number of carbonyl (C=O) groups excluding carboxylic acids is 2. The molecule has 0 aliphatic rings. The zero-order chi connectivity index (χ0) is 20.8. The summed E-state index contributed by atoms with van der Waals surface area (Å²) in [7, 11) is 1.31. The molecule has 1 heterocycles. The first-order chi connectivity index (χ1) is 14.0. The maximum atomic E-state index is 12.2. The highest BCUT2D eigenvalue weighted by atomic mass is 35.5. The highest BCUT2D eigenvalue weighted by Gasteiger charge is 2.12. The molecule has 0 saturated heterocycles. The number of anilines is 1. The van der Waals surface area contributed by atoms with E-state index in [-0.39, 0.29) is 18.9 Å². The standard InChI is InChI=1S/C21H19ClN2O4S/c1-13-5-3-4-6-17(13)24-19(25)10-20-23-15(12-29-20)11-28-18-8-7-14(9-16(18)22)21(26)27-2/h3-9,12H,10-11H2,1-2H3,(H,24,25). The molecule has 1 amide bonds. The predicted octanol–water partition coefficient (Wildman–Crippen LogP) is 4.65. The third kappa shape index (κ3) is 5.56. The van der Waals surface area contributed by atoms with Crippen molar-refractivity contribution in [3.05, 3.63) is 74.7 Å². The van der Waals surface area contributed by atoms with Gasteiger partial charge in [0.25, 0.3) is 0 Å². The molecule has 29 heavy (non-hydrogen) atoms. The van der Waals surface area contributed by atoms with Gasteiger partial charge in [-0.15, -0.1) is 11.3 Å². The number of carbonyl (C=O) groups is 2.